The van der Waals surface area contributed by atoms with Crippen molar-refractivity contribution in [2.45, 2.75) is 20.4 Å². The summed E-state index contributed by atoms with van der Waals surface area (Å²) in [6.45, 7) is 5.52. The van der Waals surface area contributed by atoms with Gasteiger partial charge in [0.05, 0.1) is 23.9 Å². The first-order valence-electron chi connectivity index (χ1n) is 5.98. The Balaban J connectivity index is 2.20. The Hall–Kier alpha value is -1.40. The van der Waals surface area contributed by atoms with Gasteiger partial charge in [0.15, 0.2) is 5.82 Å². The molecule has 2 aromatic heterocycles. The number of anilines is 2. The Kier molecular flexibility index (Phi) is 4.55. The molecule has 2 heterocycles. The fraction of sp³-hybridized carbons (Fsp3) is 0.417. The average Bonchev–Trinajstić information content (AvgIpc) is 2.77. The smallest absolute Gasteiger partial charge is 0.224 e. The molecule has 19 heavy (non-hydrogen) atoms. The fourth-order valence-electron chi connectivity index (χ4n) is 1.64. The van der Waals surface area contributed by atoms with Gasteiger partial charge in [0, 0.05) is 18.5 Å². The monoisotopic (exact) mass is 297 g/mol. The van der Waals surface area contributed by atoms with Gasteiger partial charge in [0.2, 0.25) is 5.95 Å². The lowest BCUT2D eigenvalue weighted by Crippen LogP contribution is -2.19. The number of nitrogens with zero attached hydrogens (tertiary/aromatic N) is 4. The van der Waals surface area contributed by atoms with E-state index in [0.29, 0.717) is 11.0 Å². The van der Waals surface area contributed by atoms with Crippen LogP contribution in [0.15, 0.2) is 11.7 Å². The minimum Gasteiger partial charge on any atom is -0.354 e. The molecule has 0 fully saturated rings. The second-order valence-corrected chi connectivity index (χ2v) is 5.46. The average molecular weight is 298 g/mol. The molecule has 1 N–H and O–H groups in total. The standard InChI is InChI=1S/C12H16ClN5S/c1-4-14-12-15-5-9(13)11(17-12)18(3)6-10-8(2)16-7-19-10/h5,7H,4,6H2,1-3H3,(H,14,15,17). The lowest BCUT2D eigenvalue weighted by atomic mass is 10.3. The van der Waals surface area contributed by atoms with Crippen molar-refractivity contribution in [1.29, 1.82) is 0 Å². The van der Waals surface area contributed by atoms with E-state index < -0.39 is 0 Å². The zero-order chi connectivity index (χ0) is 13.8. The first-order valence-corrected chi connectivity index (χ1v) is 7.24. The van der Waals surface area contributed by atoms with Crippen molar-refractivity contribution < 1.29 is 0 Å². The van der Waals surface area contributed by atoms with E-state index in [1.54, 1.807) is 17.5 Å². The maximum atomic E-state index is 6.16. The van der Waals surface area contributed by atoms with E-state index in [1.807, 2.05) is 31.3 Å². The predicted octanol–water partition coefficient (Wildman–Crippen LogP) is 2.96. The van der Waals surface area contributed by atoms with Crippen molar-refractivity contribution in [3.05, 3.63) is 27.3 Å². The summed E-state index contributed by atoms with van der Waals surface area (Å²) in [7, 11) is 1.96. The minimum atomic E-state index is 0.548. The maximum absolute atomic E-state index is 6.16. The summed E-state index contributed by atoms with van der Waals surface area (Å²) in [5, 5.41) is 3.63. The van der Waals surface area contributed by atoms with Crippen LogP contribution in [0.2, 0.25) is 5.02 Å². The maximum Gasteiger partial charge on any atom is 0.224 e. The van der Waals surface area contributed by atoms with Gasteiger partial charge in [-0.25, -0.2) is 9.97 Å². The molecule has 0 saturated carbocycles. The summed E-state index contributed by atoms with van der Waals surface area (Å²) in [6, 6.07) is 0. The first-order chi connectivity index (χ1) is 9.11. The van der Waals surface area contributed by atoms with E-state index in [-0.39, 0.29) is 0 Å². The van der Waals surface area contributed by atoms with Crippen molar-refractivity contribution >= 4 is 34.7 Å². The largest absolute Gasteiger partial charge is 0.354 e. The highest BCUT2D eigenvalue weighted by molar-refractivity contribution is 7.09. The third-order valence-corrected chi connectivity index (χ3v) is 3.83. The molecule has 0 unspecified atom stereocenters. The van der Waals surface area contributed by atoms with Gasteiger partial charge in [-0.1, -0.05) is 11.6 Å². The van der Waals surface area contributed by atoms with E-state index in [2.05, 4.69) is 20.3 Å². The van der Waals surface area contributed by atoms with Crippen LogP contribution in [0.1, 0.15) is 17.5 Å². The number of thiazole rings is 1. The summed E-state index contributed by atoms with van der Waals surface area (Å²) in [4.78, 5) is 16.0. The second-order valence-electron chi connectivity index (χ2n) is 4.11. The van der Waals surface area contributed by atoms with Crippen LogP contribution in [0.5, 0.6) is 0 Å². The lowest BCUT2D eigenvalue weighted by molar-refractivity contribution is 0.893. The van der Waals surface area contributed by atoms with Crippen LogP contribution in [0.25, 0.3) is 0 Å². The van der Waals surface area contributed by atoms with Crippen LogP contribution in [-0.4, -0.2) is 28.5 Å². The Bertz CT molecular complexity index is 557. The van der Waals surface area contributed by atoms with E-state index >= 15 is 0 Å². The van der Waals surface area contributed by atoms with Crippen LogP contribution in [0.3, 0.4) is 0 Å². The normalized spacial score (nSPS) is 10.5. The third kappa shape index (κ3) is 3.33. The number of hydrogen-bond acceptors (Lipinski definition) is 6. The number of aromatic nitrogens is 3. The molecule has 0 aromatic carbocycles. The Morgan fingerprint density at radius 3 is 2.84 bits per heavy atom. The van der Waals surface area contributed by atoms with Crippen molar-refractivity contribution in [3.63, 3.8) is 0 Å². The van der Waals surface area contributed by atoms with E-state index in [4.69, 9.17) is 11.6 Å². The highest BCUT2D eigenvalue weighted by Gasteiger charge is 2.12. The van der Waals surface area contributed by atoms with E-state index in [0.717, 1.165) is 24.6 Å². The fourth-order valence-corrected chi connectivity index (χ4v) is 2.70. The second kappa shape index (κ2) is 6.16. The molecule has 7 heteroatoms. The molecule has 0 amide bonds. The zero-order valence-corrected chi connectivity index (χ0v) is 12.7. The predicted molar refractivity (Wildman–Crippen MR) is 80.2 cm³/mol. The summed E-state index contributed by atoms with van der Waals surface area (Å²) >= 11 is 7.80. The number of halogens is 1. The highest BCUT2D eigenvalue weighted by Crippen LogP contribution is 2.25. The molecule has 0 radical (unpaired) electrons. The molecular formula is C12H16ClN5S. The van der Waals surface area contributed by atoms with Crippen LogP contribution in [-0.2, 0) is 6.54 Å². The molecule has 0 aliphatic carbocycles. The molecule has 2 rings (SSSR count). The highest BCUT2D eigenvalue weighted by atomic mass is 35.5. The molecule has 5 nitrogen and oxygen atoms in total. The molecular weight excluding hydrogens is 282 g/mol. The van der Waals surface area contributed by atoms with Crippen LogP contribution < -0.4 is 10.2 Å². The van der Waals surface area contributed by atoms with Gasteiger partial charge in [0.1, 0.15) is 5.02 Å². The topological polar surface area (TPSA) is 53.9 Å². The molecule has 0 bridgehead atoms. The number of rotatable bonds is 5. The summed E-state index contributed by atoms with van der Waals surface area (Å²) < 4.78 is 0. The number of nitrogens with one attached hydrogen (secondary N) is 1. The number of hydrogen-bond donors (Lipinski definition) is 1. The van der Waals surface area contributed by atoms with Gasteiger partial charge < -0.3 is 10.2 Å². The van der Waals surface area contributed by atoms with E-state index in [1.165, 1.54) is 4.88 Å². The minimum absolute atomic E-state index is 0.548. The molecule has 0 aliphatic heterocycles. The molecule has 2 aromatic rings. The van der Waals surface area contributed by atoms with Crippen LogP contribution in [0.4, 0.5) is 11.8 Å². The SMILES string of the molecule is CCNc1ncc(Cl)c(N(C)Cc2scnc2C)n1. The van der Waals surface area contributed by atoms with Gasteiger partial charge in [-0.15, -0.1) is 11.3 Å². The van der Waals surface area contributed by atoms with Crippen molar-refractivity contribution in [2.24, 2.45) is 0 Å². The lowest BCUT2D eigenvalue weighted by Gasteiger charge is -2.19. The Morgan fingerprint density at radius 2 is 2.21 bits per heavy atom. The van der Waals surface area contributed by atoms with Gasteiger partial charge in [-0.05, 0) is 13.8 Å². The molecule has 0 spiro atoms. The van der Waals surface area contributed by atoms with Crippen LogP contribution >= 0.6 is 22.9 Å². The van der Waals surface area contributed by atoms with Crippen molar-refractivity contribution in [2.75, 3.05) is 23.8 Å². The third-order valence-electron chi connectivity index (χ3n) is 2.65. The summed E-state index contributed by atoms with van der Waals surface area (Å²) in [5.41, 5.74) is 2.90. The zero-order valence-electron chi connectivity index (χ0n) is 11.1. The molecule has 0 saturated heterocycles. The molecule has 102 valence electrons. The molecule has 0 aliphatic rings. The Morgan fingerprint density at radius 1 is 1.42 bits per heavy atom. The van der Waals surface area contributed by atoms with Gasteiger partial charge in [-0.2, -0.15) is 4.98 Å². The van der Waals surface area contributed by atoms with Gasteiger partial charge in [0.25, 0.3) is 0 Å². The van der Waals surface area contributed by atoms with Crippen LogP contribution in [0, 0.1) is 6.92 Å². The Labute approximate surface area is 121 Å². The van der Waals surface area contributed by atoms with Crippen molar-refractivity contribution in [1.82, 2.24) is 15.0 Å². The van der Waals surface area contributed by atoms with Gasteiger partial charge >= 0.3 is 0 Å². The van der Waals surface area contributed by atoms with Crippen molar-refractivity contribution in [3.8, 4) is 0 Å². The quantitative estimate of drug-likeness (QED) is 0.919. The molecule has 0 atom stereocenters. The first kappa shape index (κ1) is 14.0. The summed E-state index contributed by atoms with van der Waals surface area (Å²) in [6.07, 6.45) is 1.62. The number of aryl methyl sites for hydroxylation is 1. The van der Waals surface area contributed by atoms with E-state index in [9.17, 15) is 0 Å². The van der Waals surface area contributed by atoms with Gasteiger partial charge in [-0.3, -0.25) is 0 Å². The summed E-state index contributed by atoms with van der Waals surface area (Å²) in [5.74, 6) is 1.31.